The second-order valence-corrected chi connectivity index (χ2v) is 5.67. The zero-order valence-electron chi connectivity index (χ0n) is 12.2. The molecular formula is C15H23NO2S. The van der Waals surface area contributed by atoms with Crippen LogP contribution in [-0.2, 0) is 4.74 Å². The largest absolute Gasteiger partial charge is 0.434 e. The fourth-order valence-corrected chi connectivity index (χ4v) is 2.19. The molecule has 3 nitrogen and oxygen atoms in total. The van der Waals surface area contributed by atoms with Gasteiger partial charge in [-0.1, -0.05) is 43.8 Å². The number of thioether (sulfide) groups is 1. The molecule has 0 bridgehead atoms. The van der Waals surface area contributed by atoms with Crippen molar-refractivity contribution in [3.8, 4) is 0 Å². The lowest BCUT2D eigenvalue weighted by Crippen LogP contribution is -1.98. The van der Waals surface area contributed by atoms with E-state index in [1.165, 1.54) is 4.91 Å². The molecular weight excluding hydrogens is 258 g/mol. The van der Waals surface area contributed by atoms with Crippen LogP contribution in [0.4, 0.5) is 0 Å². The van der Waals surface area contributed by atoms with Crippen molar-refractivity contribution in [2.45, 2.75) is 44.6 Å². The molecule has 0 N–H and O–H groups in total. The van der Waals surface area contributed by atoms with Gasteiger partial charge in [-0.3, -0.25) is 0 Å². The molecule has 0 saturated heterocycles. The Balaban J connectivity index is 2.54. The van der Waals surface area contributed by atoms with Gasteiger partial charge in [-0.2, -0.15) is 0 Å². The topological polar surface area (TPSA) is 35.3 Å². The van der Waals surface area contributed by atoms with E-state index < -0.39 is 0 Å². The fraction of sp³-hybridized carbons (Fsp3) is 0.533. The van der Waals surface area contributed by atoms with Crippen molar-refractivity contribution in [3.63, 3.8) is 0 Å². The number of hydrogen-bond donors (Lipinski definition) is 0. The molecule has 0 saturated carbocycles. The Labute approximate surface area is 120 Å². The number of methoxy groups -OCH3 is 1. The quantitative estimate of drug-likeness (QED) is 0.507. The predicted molar refractivity (Wildman–Crippen MR) is 80.5 cm³/mol. The van der Waals surface area contributed by atoms with Crippen LogP contribution in [-0.4, -0.2) is 18.7 Å². The van der Waals surface area contributed by atoms with Gasteiger partial charge in [0.05, 0.1) is 6.20 Å². The summed E-state index contributed by atoms with van der Waals surface area (Å²) in [6.45, 7) is 7.02. The Morgan fingerprint density at radius 3 is 3.05 bits per heavy atom. The van der Waals surface area contributed by atoms with Crippen molar-refractivity contribution in [3.05, 3.63) is 35.2 Å². The summed E-state index contributed by atoms with van der Waals surface area (Å²) < 4.78 is 10.8. The molecule has 1 heterocycles. The van der Waals surface area contributed by atoms with Crippen LogP contribution in [0, 0.1) is 0 Å². The molecule has 0 aliphatic rings. The van der Waals surface area contributed by atoms with Crippen molar-refractivity contribution < 1.29 is 9.15 Å². The van der Waals surface area contributed by atoms with E-state index in [9.17, 15) is 0 Å². The summed E-state index contributed by atoms with van der Waals surface area (Å²) in [6.07, 6.45) is 10.1. The highest BCUT2D eigenvalue weighted by atomic mass is 32.2. The van der Waals surface area contributed by atoms with E-state index in [2.05, 4.69) is 44.0 Å². The van der Waals surface area contributed by atoms with Gasteiger partial charge in [0.2, 0.25) is 0 Å². The van der Waals surface area contributed by atoms with Crippen molar-refractivity contribution >= 4 is 11.8 Å². The monoisotopic (exact) mass is 281 g/mol. The Bertz CT molecular complexity index is 424. The second kappa shape index (κ2) is 8.99. The molecule has 1 aromatic heterocycles. The van der Waals surface area contributed by atoms with Gasteiger partial charge in [-0.05, 0) is 24.7 Å². The van der Waals surface area contributed by atoms with E-state index in [0.717, 1.165) is 30.4 Å². The number of rotatable bonds is 8. The average Bonchev–Trinajstić information content (AvgIpc) is 2.84. The molecule has 0 aromatic carbocycles. The van der Waals surface area contributed by atoms with Gasteiger partial charge in [-0.25, -0.2) is 4.98 Å². The van der Waals surface area contributed by atoms with Crippen molar-refractivity contribution in [2.75, 3.05) is 13.7 Å². The molecule has 0 fully saturated rings. The van der Waals surface area contributed by atoms with Crippen LogP contribution in [0.15, 0.2) is 38.8 Å². The van der Waals surface area contributed by atoms with E-state index in [1.54, 1.807) is 25.1 Å². The van der Waals surface area contributed by atoms with Crippen LogP contribution >= 0.6 is 11.8 Å². The Morgan fingerprint density at radius 2 is 2.37 bits per heavy atom. The maximum absolute atomic E-state index is 5.75. The van der Waals surface area contributed by atoms with Gasteiger partial charge in [0, 0.05) is 19.6 Å². The van der Waals surface area contributed by atoms with Gasteiger partial charge in [0.15, 0.2) is 11.0 Å². The van der Waals surface area contributed by atoms with Gasteiger partial charge >= 0.3 is 0 Å². The highest BCUT2D eigenvalue weighted by Crippen LogP contribution is 2.29. The van der Waals surface area contributed by atoms with E-state index >= 15 is 0 Å². The maximum atomic E-state index is 5.75. The molecule has 0 amide bonds. The molecule has 0 spiro atoms. The number of aromatic nitrogens is 1. The highest BCUT2D eigenvalue weighted by molar-refractivity contribution is 8.02. The number of oxazole rings is 1. The molecule has 1 atom stereocenters. The third kappa shape index (κ3) is 6.12. The third-order valence-electron chi connectivity index (χ3n) is 2.64. The number of allylic oxidation sites excluding steroid dienone is 4. The van der Waals surface area contributed by atoms with E-state index in [4.69, 9.17) is 9.15 Å². The molecule has 4 heteroatoms. The lowest BCUT2D eigenvalue weighted by molar-refractivity contribution is 0.184. The SMILES string of the molecule is CC/C=C\C=C(/C)Sc1cnc(C(C)CCOC)o1. The second-order valence-electron chi connectivity index (χ2n) is 4.42. The Hall–Kier alpha value is -1.00. The van der Waals surface area contributed by atoms with Gasteiger partial charge in [0.25, 0.3) is 0 Å². The molecule has 0 radical (unpaired) electrons. The van der Waals surface area contributed by atoms with E-state index in [1.807, 2.05) is 0 Å². The summed E-state index contributed by atoms with van der Waals surface area (Å²) in [7, 11) is 1.71. The number of nitrogens with zero attached hydrogens (tertiary/aromatic N) is 1. The zero-order valence-corrected chi connectivity index (χ0v) is 13.0. The highest BCUT2D eigenvalue weighted by Gasteiger charge is 2.12. The summed E-state index contributed by atoms with van der Waals surface area (Å²) in [5.41, 5.74) is 0. The van der Waals surface area contributed by atoms with Gasteiger partial charge in [-0.15, -0.1) is 0 Å². The molecule has 1 rings (SSSR count). The summed E-state index contributed by atoms with van der Waals surface area (Å²) in [5, 5.41) is 0.845. The minimum absolute atomic E-state index is 0.290. The number of hydrogen-bond acceptors (Lipinski definition) is 4. The van der Waals surface area contributed by atoms with Crippen LogP contribution in [0.25, 0.3) is 0 Å². The first kappa shape index (κ1) is 16.1. The summed E-state index contributed by atoms with van der Waals surface area (Å²) >= 11 is 1.61. The van der Waals surface area contributed by atoms with E-state index in [0.29, 0.717) is 5.92 Å². The normalized spacial score (nSPS) is 14.2. The molecule has 1 aromatic rings. The van der Waals surface area contributed by atoms with Gasteiger partial charge in [0.1, 0.15) is 0 Å². The molecule has 106 valence electrons. The number of ether oxygens (including phenoxy) is 1. The van der Waals surface area contributed by atoms with Crippen LogP contribution in [0.5, 0.6) is 0 Å². The zero-order chi connectivity index (χ0) is 14.1. The smallest absolute Gasteiger partial charge is 0.198 e. The predicted octanol–water partition coefficient (Wildman–Crippen LogP) is 4.78. The average molecular weight is 281 g/mol. The summed E-state index contributed by atoms with van der Waals surface area (Å²) in [4.78, 5) is 5.52. The standard InChI is InChI=1S/C15H23NO2S/c1-5-6-7-8-13(3)19-14-11-16-15(18-14)12(2)9-10-17-4/h6-8,11-12H,5,9-10H2,1-4H3/b7-6-,13-8+. The summed E-state index contributed by atoms with van der Waals surface area (Å²) in [6, 6.07) is 0. The summed E-state index contributed by atoms with van der Waals surface area (Å²) in [5.74, 6) is 1.08. The molecule has 0 aliphatic carbocycles. The lowest BCUT2D eigenvalue weighted by atomic mass is 10.1. The fourth-order valence-electron chi connectivity index (χ4n) is 1.50. The van der Waals surface area contributed by atoms with Crippen molar-refractivity contribution in [1.29, 1.82) is 0 Å². The van der Waals surface area contributed by atoms with Crippen LogP contribution < -0.4 is 0 Å². The Kier molecular flexibility index (Phi) is 7.60. The minimum atomic E-state index is 0.290. The van der Waals surface area contributed by atoms with Crippen LogP contribution in [0.3, 0.4) is 0 Å². The van der Waals surface area contributed by atoms with Crippen molar-refractivity contribution in [2.24, 2.45) is 0 Å². The van der Waals surface area contributed by atoms with Crippen LogP contribution in [0.1, 0.15) is 45.4 Å². The van der Waals surface area contributed by atoms with Gasteiger partial charge < -0.3 is 9.15 Å². The minimum Gasteiger partial charge on any atom is -0.434 e. The van der Waals surface area contributed by atoms with Crippen molar-refractivity contribution in [1.82, 2.24) is 4.98 Å². The molecule has 1 unspecified atom stereocenters. The van der Waals surface area contributed by atoms with Crippen LogP contribution in [0.2, 0.25) is 0 Å². The first-order chi connectivity index (χ1) is 9.17. The first-order valence-electron chi connectivity index (χ1n) is 6.63. The Morgan fingerprint density at radius 1 is 1.58 bits per heavy atom. The molecule has 19 heavy (non-hydrogen) atoms. The molecule has 0 aliphatic heterocycles. The third-order valence-corrected chi connectivity index (χ3v) is 3.49. The lowest BCUT2D eigenvalue weighted by Gasteiger charge is -2.05. The first-order valence-corrected chi connectivity index (χ1v) is 7.45. The van der Waals surface area contributed by atoms with E-state index in [-0.39, 0.29) is 0 Å². The maximum Gasteiger partial charge on any atom is 0.198 e.